The molecule has 0 aliphatic carbocycles. The van der Waals surface area contributed by atoms with Gasteiger partial charge in [-0.2, -0.15) is 57.1 Å². The molecule has 0 spiro atoms. The molecule has 1 N–H and O–H groups in total. The molecule has 0 bridgehead atoms. The molecule has 0 saturated heterocycles. The Bertz CT molecular complexity index is 491. The zero-order valence-corrected chi connectivity index (χ0v) is 11.7. The molecule has 26 heavy (non-hydrogen) atoms. The molecular formula is C10H7F15O. The van der Waals surface area contributed by atoms with E-state index in [-0.39, 0.29) is 0 Å². The summed E-state index contributed by atoms with van der Waals surface area (Å²) >= 11 is 0. The first-order valence-corrected chi connectivity index (χ1v) is 5.96. The van der Waals surface area contributed by atoms with Crippen molar-refractivity contribution in [1.29, 1.82) is 0 Å². The molecule has 0 aromatic carbocycles. The van der Waals surface area contributed by atoms with Gasteiger partial charge in [0.25, 0.3) is 5.92 Å². The molecule has 0 rings (SSSR count). The standard InChI is InChI=1S/C10H7F15O/c11-4(12,1-2-26)3-5(13,14)6(15,16)7(17,18)8(19,20)9(21,22)10(23,24)25/h26H,1-3H2. The van der Waals surface area contributed by atoms with Crippen molar-refractivity contribution in [3.05, 3.63) is 0 Å². The average molecular weight is 428 g/mol. The smallest absolute Gasteiger partial charge is 0.396 e. The molecule has 0 atom stereocenters. The van der Waals surface area contributed by atoms with Gasteiger partial charge >= 0.3 is 35.8 Å². The van der Waals surface area contributed by atoms with E-state index in [0.717, 1.165) is 0 Å². The third-order valence-electron chi connectivity index (χ3n) is 2.96. The Morgan fingerprint density at radius 3 is 1.15 bits per heavy atom. The van der Waals surface area contributed by atoms with Gasteiger partial charge < -0.3 is 5.11 Å². The van der Waals surface area contributed by atoms with Gasteiger partial charge in [0.2, 0.25) is 0 Å². The lowest BCUT2D eigenvalue weighted by Crippen LogP contribution is -2.70. The second kappa shape index (κ2) is 6.51. The van der Waals surface area contributed by atoms with Crippen LogP contribution in [-0.2, 0) is 0 Å². The van der Waals surface area contributed by atoms with Crippen LogP contribution in [0, 0.1) is 0 Å². The minimum Gasteiger partial charge on any atom is -0.396 e. The van der Waals surface area contributed by atoms with Crippen molar-refractivity contribution in [1.82, 2.24) is 0 Å². The van der Waals surface area contributed by atoms with E-state index in [4.69, 9.17) is 5.11 Å². The van der Waals surface area contributed by atoms with Gasteiger partial charge in [0.1, 0.15) is 0 Å². The van der Waals surface area contributed by atoms with Crippen LogP contribution in [0.3, 0.4) is 0 Å². The van der Waals surface area contributed by atoms with E-state index in [1.807, 2.05) is 0 Å². The molecule has 1 nitrogen and oxygen atoms in total. The quantitative estimate of drug-likeness (QED) is 0.532. The fourth-order valence-electron chi connectivity index (χ4n) is 1.49. The van der Waals surface area contributed by atoms with E-state index in [2.05, 4.69) is 0 Å². The molecule has 0 aromatic heterocycles. The van der Waals surface area contributed by atoms with Crippen molar-refractivity contribution >= 4 is 0 Å². The summed E-state index contributed by atoms with van der Waals surface area (Å²) in [4.78, 5) is 0. The van der Waals surface area contributed by atoms with Gasteiger partial charge in [-0.25, -0.2) is 8.78 Å². The lowest BCUT2D eigenvalue weighted by atomic mass is 9.91. The molecule has 0 aliphatic rings. The van der Waals surface area contributed by atoms with Gasteiger partial charge in [0.15, 0.2) is 0 Å². The summed E-state index contributed by atoms with van der Waals surface area (Å²) in [6, 6.07) is 0. The summed E-state index contributed by atoms with van der Waals surface area (Å²) in [6.07, 6.45) is -13.2. The van der Waals surface area contributed by atoms with Crippen LogP contribution in [0.1, 0.15) is 12.8 Å². The van der Waals surface area contributed by atoms with Crippen LogP contribution in [-0.4, -0.2) is 53.4 Å². The van der Waals surface area contributed by atoms with Gasteiger partial charge in [-0.3, -0.25) is 0 Å². The van der Waals surface area contributed by atoms with Crippen LogP contribution in [0.5, 0.6) is 0 Å². The largest absolute Gasteiger partial charge is 0.460 e. The molecule has 16 heteroatoms. The first-order valence-electron chi connectivity index (χ1n) is 5.96. The Kier molecular flexibility index (Phi) is 6.24. The third kappa shape index (κ3) is 3.78. The van der Waals surface area contributed by atoms with E-state index in [1.165, 1.54) is 0 Å². The maximum absolute atomic E-state index is 13.1. The van der Waals surface area contributed by atoms with Gasteiger partial charge in [-0.1, -0.05) is 0 Å². The number of alkyl halides is 15. The molecule has 0 radical (unpaired) electrons. The van der Waals surface area contributed by atoms with Crippen molar-refractivity contribution < 1.29 is 71.0 Å². The van der Waals surface area contributed by atoms with Crippen LogP contribution in [0.25, 0.3) is 0 Å². The number of aliphatic hydroxyl groups excluding tert-OH is 1. The Balaban J connectivity index is 6.16. The topological polar surface area (TPSA) is 20.2 Å². The average Bonchev–Trinajstić information content (AvgIpc) is 2.34. The summed E-state index contributed by atoms with van der Waals surface area (Å²) < 4.78 is 190. The second-order valence-electron chi connectivity index (χ2n) is 5.01. The highest BCUT2D eigenvalue weighted by Crippen LogP contribution is 2.61. The highest BCUT2D eigenvalue weighted by atomic mass is 19.4. The predicted molar refractivity (Wildman–Crippen MR) is 52.1 cm³/mol. The van der Waals surface area contributed by atoms with Gasteiger partial charge in [0, 0.05) is 13.0 Å². The normalized spacial score (nSPS) is 16.2. The van der Waals surface area contributed by atoms with E-state index in [0.29, 0.717) is 0 Å². The minimum atomic E-state index is -8.13. The van der Waals surface area contributed by atoms with Crippen molar-refractivity contribution in [3.63, 3.8) is 0 Å². The lowest BCUT2D eigenvalue weighted by Gasteiger charge is -2.40. The Morgan fingerprint density at radius 1 is 0.500 bits per heavy atom. The number of aliphatic hydroxyl groups is 1. The molecule has 0 heterocycles. The second-order valence-corrected chi connectivity index (χ2v) is 5.01. The zero-order chi connectivity index (χ0) is 21.6. The summed E-state index contributed by atoms with van der Waals surface area (Å²) in [5.41, 5.74) is 0. The maximum atomic E-state index is 13.1. The predicted octanol–water partition coefficient (Wildman–Crippen LogP) is 5.13. The van der Waals surface area contributed by atoms with Gasteiger partial charge in [-0.05, 0) is 0 Å². The summed E-state index contributed by atoms with van der Waals surface area (Å²) in [5.74, 6) is -43.8. The number of hydrogen-bond donors (Lipinski definition) is 1. The highest BCUT2D eigenvalue weighted by Gasteiger charge is 2.90. The maximum Gasteiger partial charge on any atom is 0.460 e. The molecule has 0 amide bonds. The van der Waals surface area contributed by atoms with E-state index >= 15 is 0 Å². The Morgan fingerprint density at radius 2 is 0.846 bits per heavy atom. The lowest BCUT2D eigenvalue weighted by molar-refractivity contribution is -0.442. The fourth-order valence-corrected chi connectivity index (χ4v) is 1.49. The van der Waals surface area contributed by atoms with Crippen molar-refractivity contribution in [2.24, 2.45) is 0 Å². The highest BCUT2D eigenvalue weighted by molar-refractivity contribution is 5.10. The van der Waals surface area contributed by atoms with Crippen LogP contribution in [0.15, 0.2) is 0 Å². The monoisotopic (exact) mass is 428 g/mol. The van der Waals surface area contributed by atoms with Gasteiger partial charge in [0.05, 0.1) is 6.42 Å². The van der Waals surface area contributed by atoms with Crippen LogP contribution >= 0.6 is 0 Å². The van der Waals surface area contributed by atoms with Crippen molar-refractivity contribution in [2.45, 2.75) is 54.6 Å². The number of hydrogen-bond acceptors (Lipinski definition) is 1. The number of halogens is 15. The van der Waals surface area contributed by atoms with Crippen molar-refractivity contribution in [2.75, 3.05) is 6.61 Å². The third-order valence-corrected chi connectivity index (χ3v) is 2.96. The van der Waals surface area contributed by atoms with Crippen molar-refractivity contribution in [3.8, 4) is 0 Å². The first kappa shape index (κ1) is 24.9. The summed E-state index contributed by atoms with van der Waals surface area (Å²) in [6.45, 7) is -1.66. The SMILES string of the molecule is OCCC(F)(F)CC(F)(F)C(F)(F)C(F)(F)C(F)(F)C(F)(F)C(F)(F)F. The molecular weight excluding hydrogens is 421 g/mol. The van der Waals surface area contributed by atoms with Crippen LogP contribution < -0.4 is 0 Å². The molecule has 0 unspecified atom stereocenters. The van der Waals surface area contributed by atoms with E-state index < -0.39 is 61.2 Å². The molecule has 158 valence electrons. The van der Waals surface area contributed by atoms with Crippen LogP contribution in [0.2, 0.25) is 0 Å². The molecule has 0 aromatic rings. The van der Waals surface area contributed by atoms with E-state index in [1.54, 1.807) is 0 Å². The summed E-state index contributed by atoms with van der Waals surface area (Å²) in [7, 11) is 0. The van der Waals surface area contributed by atoms with Gasteiger partial charge in [-0.15, -0.1) is 0 Å². The molecule has 0 aliphatic heterocycles. The minimum absolute atomic E-state index is 1.66. The number of rotatable bonds is 8. The summed E-state index contributed by atoms with van der Waals surface area (Å²) in [5, 5.41) is 8.08. The Labute approximate surface area is 133 Å². The fraction of sp³-hybridized carbons (Fsp3) is 1.00. The zero-order valence-electron chi connectivity index (χ0n) is 11.7. The van der Waals surface area contributed by atoms with Crippen LogP contribution in [0.4, 0.5) is 65.9 Å². The molecule has 0 saturated carbocycles. The molecule has 0 fully saturated rings. The Hall–Kier alpha value is -1.09. The van der Waals surface area contributed by atoms with E-state index in [9.17, 15) is 65.9 Å². The first-order chi connectivity index (χ1) is 11.0.